The quantitative estimate of drug-likeness (QED) is 0.104. The van der Waals surface area contributed by atoms with Crippen LogP contribution in [0, 0.1) is 50.2 Å². The fourth-order valence-electron chi connectivity index (χ4n) is 15.8. The number of ether oxygens (including phenoxy) is 7. The zero-order valence-electron chi connectivity index (χ0n) is 39.5. The first-order valence-electron chi connectivity index (χ1n) is 24.5. The van der Waals surface area contributed by atoms with E-state index in [2.05, 4.69) is 46.8 Å². The Labute approximate surface area is 387 Å². The van der Waals surface area contributed by atoms with Crippen LogP contribution in [0.4, 0.5) is 0 Å². The zero-order valence-corrected chi connectivity index (χ0v) is 39.5. The lowest BCUT2D eigenvalue weighted by molar-refractivity contribution is -0.391. The van der Waals surface area contributed by atoms with Crippen molar-refractivity contribution in [1.82, 2.24) is 0 Å². The fraction of sp³-hybridized carbons (Fsp3) is 0.958. The maximum Gasteiger partial charge on any atom is 0.187 e. The van der Waals surface area contributed by atoms with Crippen LogP contribution < -0.4 is 0 Å². The van der Waals surface area contributed by atoms with Crippen LogP contribution in [0.25, 0.3) is 0 Å². The van der Waals surface area contributed by atoms with Gasteiger partial charge in [-0.3, -0.25) is 0 Å². The van der Waals surface area contributed by atoms with E-state index in [0.29, 0.717) is 19.4 Å². The molecule has 378 valence electrons. The summed E-state index contributed by atoms with van der Waals surface area (Å²) in [5, 5.41) is 120. The highest BCUT2D eigenvalue weighted by atomic mass is 16.8. The van der Waals surface area contributed by atoms with Crippen molar-refractivity contribution < 1.29 is 89.3 Å². The van der Waals surface area contributed by atoms with Crippen molar-refractivity contribution in [1.29, 1.82) is 0 Å². The molecule has 0 radical (unpaired) electrons. The first-order chi connectivity index (χ1) is 30.9. The van der Waals surface area contributed by atoms with Crippen molar-refractivity contribution in [2.24, 2.45) is 50.2 Å². The van der Waals surface area contributed by atoms with E-state index >= 15 is 0 Å². The van der Waals surface area contributed by atoms with Gasteiger partial charge in [0.15, 0.2) is 18.9 Å². The number of hydrogen-bond acceptors (Lipinski definition) is 18. The molecule has 2 bridgehead atoms. The Balaban J connectivity index is 0.953. The summed E-state index contributed by atoms with van der Waals surface area (Å²) in [5.74, 6) is 0.277. The molecule has 0 aromatic heterocycles. The van der Waals surface area contributed by atoms with E-state index in [1.54, 1.807) is 6.92 Å². The molecule has 1 spiro atoms. The molecular weight excluding hydrogens is 865 g/mol. The standard InChI is InChI=1S/C48H78O18/c1-22-30(53)37(65-41-38(34(57)32(55)24(19-50)63-41)66-39-35(58)33(56)31(54)23(18-49)62-39)36(59)40(61-22)64-29-10-11-43(4)25(44(29,5)20-51)8-12-45(6)26(43)9-13-48-27-16-42(2,3)14-15-47(27,21-60-48)28(52)17-46(45,48)7/h9,13,22-41,49-59H,8,10-12,14-21H2,1-7H3/t22-,23-,24-,25-,26-,27-,28+,29+,30+,31-,32-,33+,34+,35-,36-,37+,38-,39-,40+,41+,43+,44+,45-,46+,47-,48+/m1/s1. The number of aliphatic hydroxyl groups excluding tert-OH is 11. The van der Waals surface area contributed by atoms with Crippen LogP contribution in [0.3, 0.4) is 0 Å². The highest BCUT2D eigenvalue weighted by Crippen LogP contribution is 2.79. The van der Waals surface area contributed by atoms with E-state index < -0.39 is 129 Å². The van der Waals surface area contributed by atoms with Gasteiger partial charge in [-0.2, -0.15) is 0 Å². The molecule has 11 N–H and O–H groups in total. The molecule has 4 aliphatic heterocycles. The summed E-state index contributed by atoms with van der Waals surface area (Å²) in [7, 11) is 0. The van der Waals surface area contributed by atoms with E-state index in [0.717, 1.165) is 38.5 Å². The van der Waals surface area contributed by atoms with Crippen molar-refractivity contribution in [2.45, 2.75) is 210 Å². The topological polar surface area (TPSA) is 287 Å². The van der Waals surface area contributed by atoms with Crippen molar-refractivity contribution in [2.75, 3.05) is 26.4 Å². The van der Waals surface area contributed by atoms with E-state index in [-0.39, 0.29) is 51.4 Å². The van der Waals surface area contributed by atoms with Crippen molar-refractivity contribution in [3.63, 3.8) is 0 Å². The van der Waals surface area contributed by atoms with Gasteiger partial charge in [0.05, 0.1) is 50.3 Å². The molecule has 9 rings (SSSR count). The largest absolute Gasteiger partial charge is 0.396 e. The van der Waals surface area contributed by atoms with Gasteiger partial charge in [-0.1, -0.05) is 53.7 Å². The summed E-state index contributed by atoms with van der Waals surface area (Å²) >= 11 is 0. The number of hydrogen-bond donors (Lipinski definition) is 11. The third kappa shape index (κ3) is 7.01. The van der Waals surface area contributed by atoms with Gasteiger partial charge >= 0.3 is 0 Å². The summed E-state index contributed by atoms with van der Waals surface area (Å²) < 4.78 is 43.3. The minimum absolute atomic E-state index is 0.0325. The Bertz CT molecular complexity index is 1800. The highest BCUT2D eigenvalue weighted by Gasteiger charge is 2.79. The predicted molar refractivity (Wildman–Crippen MR) is 229 cm³/mol. The minimum atomic E-state index is -1.90. The molecule has 26 atom stereocenters. The monoisotopic (exact) mass is 943 g/mol. The van der Waals surface area contributed by atoms with Gasteiger partial charge in [-0.15, -0.1) is 0 Å². The smallest absolute Gasteiger partial charge is 0.187 e. The fourth-order valence-corrected chi connectivity index (χ4v) is 15.8. The molecule has 5 aliphatic carbocycles. The molecule has 66 heavy (non-hydrogen) atoms. The maximum atomic E-state index is 12.2. The van der Waals surface area contributed by atoms with E-state index in [9.17, 15) is 56.2 Å². The second-order valence-electron chi connectivity index (χ2n) is 23.8. The van der Waals surface area contributed by atoms with Crippen LogP contribution in [0.5, 0.6) is 0 Å². The molecule has 0 aromatic carbocycles. The van der Waals surface area contributed by atoms with Crippen LogP contribution >= 0.6 is 0 Å². The molecule has 18 nitrogen and oxygen atoms in total. The first-order valence-corrected chi connectivity index (χ1v) is 24.5. The molecule has 0 unspecified atom stereocenters. The third-order valence-corrected chi connectivity index (χ3v) is 20.0. The Morgan fingerprint density at radius 3 is 1.91 bits per heavy atom. The predicted octanol–water partition coefficient (Wildman–Crippen LogP) is -0.399. The Hall–Kier alpha value is -0.980. The van der Waals surface area contributed by atoms with Crippen LogP contribution in [-0.4, -0.2) is 193 Å². The van der Waals surface area contributed by atoms with Crippen LogP contribution in [0.2, 0.25) is 0 Å². The molecule has 4 saturated carbocycles. The second-order valence-corrected chi connectivity index (χ2v) is 23.8. The van der Waals surface area contributed by atoms with Gasteiger partial charge in [-0.05, 0) is 86.4 Å². The summed E-state index contributed by atoms with van der Waals surface area (Å²) in [6, 6.07) is 0. The van der Waals surface area contributed by atoms with Crippen molar-refractivity contribution in [3.8, 4) is 0 Å². The normalized spacial score (nSPS) is 58.8. The number of aliphatic hydroxyl groups is 11. The van der Waals surface area contributed by atoms with E-state index in [1.807, 2.05) is 6.92 Å². The summed E-state index contributed by atoms with van der Waals surface area (Å²) in [4.78, 5) is 0. The number of allylic oxidation sites excluding steroid dienone is 1. The Morgan fingerprint density at radius 1 is 0.606 bits per heavy atom. The van der Waals surface area contributed by atoms with E-state index in [4.69, 9.17) is 33.2 Å². The molecule has 0 aromatic rings. The highest BCUT2D eigenvalue weighted by molar-refractivity contribution is 5.36. The van der Waals surface area contributed by atoms with Crippen LogP contribution in [0.1, 0.15) is 99.8 Å². The van der Waals surface area contributed by atoms with Gasteiger partial charge < -0.3 is 89.3 Å². The van der Waals surface area contributed by atoms with Gasteiger partial charge in [0, 0.05) is 22.2 Å². The van der Waals surface area contributed by atoms with Crippen molar-refractivity contribution >= 4 is 0 Å². The second kappa shape index (κ2) is 17.1. The van der Waals surface area contributed by atoms with Gasteiger partial charge in [0.25, 0.3) is 0 Å². The van der Waals surface area contributed by atoms with Crippen LogP contribution in [0.15, 0.2) is 12.2 Å². The first kappa shape index (κ1) is 50.0. The lowest BCUT2D eigenvalue weighted by atomic mass is 9.32. The summed E-state index contributed by atoms with van der Waals surface area (Å²) in [5.41, 5.74) is -2.28. The average Bonchev–Trinajstić information content (AvgIpc) is 3.55. The molecule has 0 amide bonds. The molecule has 9 aliphatic rings. The minimum Gasteiger partial charge on any atom is -0.396 e. The van der Waals surface area contributed by atoms with Crippen molar-refractivity contribution in [3.05, 3.63) is 12.2 Å². The van der Waals surface area contributed by atoms with Gasteiger partial charge in [0.2, 0.25) is 0 Å². The van der Waals surface area contributed by atoms with Gasteiger partial charge in [0.1, 0.15) is 67.1 Å². The summed E-state index contributed by atoms with van der Waals surface area (Å²) in [6.45, 7) is 14.2. The van der Waals surface area contributed by atoms with Gasteiger partial charge in [-0.25, -0.2) is 0 Å². The average molecular weight is 943 g/mol. The zero-order chi connectivity index (χ0) is 47.9. The summed E-state index contributed by atoms with van der Waals surface area (Å²) in [6.07, 6.45) is -14.0. The molecule has 18 heteroatoms. The Morgan fingerprint density at radius 2 is 1.24 bits per heavy atom. The Kier molecular flexibility index (Phi) is 12.9. The number of rotatable bonds is 9. The third-order valence-electron chi connectivity index (χ3n) is 20.0. The number of fused-ring (bicyclic) bond motifs is 4. The lowest BCUT2D eigenvalue weighted by Gasteiger charge is -2.73. The van der Waals surface area contributed by atoms with Crippen LogP contribution in [-0.2, 0) is 33.2 Å². The molecular formula is C48H78O18. The molecule has 4 heterocycles. The molecule has 8 fully saturated rings. The maximum absolute atomic E-state index is 12.2. The lowest BCUT2D eigenvalue weighted by Crippen LogP contribution is -2.72. The SMILES string of the molecule is C[C@H]1O[C@@H](O[C@H]2CC[C@@]3(C)[C@@H](CC[C@]4(C)[C@@H]3C=C[C@]35OC[C@@]6(CCC(C)(C)C[C@H]63)[C@@H](O)C[C@]54C)[C@]2(C)CO)[C@H](O)[C@@H](O[C@@H]2O[C@H](CO)[C@@H](O)[C@H](O)[C@H]2O[C@H]2O[C@H](CO)[C@@H](O)[C@H](O)[C@H]2O)[C@H]1O. The van der Waals surface area contributed by atoms with E-state index in [1.165, 1.54) is 0 Å². The molecule has 4 saturated heterocycles.